The molecule has 2 aromatic heterocycles. The number of para-hydroxylation sites is 1. The number of rotatable bonds is 4. The Morgan fingerprint density at radius 3 is 2.91 bits per heavy atom. The van der Waals surface area contributed by atoms with E-state index in [1.807, 2.05) is 25.1 Å². The van der Waals surface area contributed by atoms with Crippen molar-refractivity contribution in [2.45, 2.75) is 19.9 Å². The van der Waals surface area contributed by atoms with Gasteiger partial charge in [-0.15, -0.1) is 0 Å². The summed E-state index contributed by atoms with van der Waals surface area (Å²) in [5.41, 5.74) is 0.949. The van der Waals surface area contributed by atoms with Crippen LogP contribution in [0.25, 0.3) is 10.2 Å². The van der Waals surface area contributed by atoms with Crippen LogP contribution < -0.4 is 16.6 Å². The second-order valence-electron chi connectivity index (χ2n) is 5.04. The van der Waals surface area contributed by atoms with Crippen LogP contribution in [0.2, 0.25) is 0 Å². The number of carbonyl (C=O) groups excluding carboxylic acids is 1. The first-order valence-corrected chi connectivity index (χ1v) is 7.80. The lowest BCUT2D eigenvalue weighted by Crippen LogP contribution is -2.29. The summed E-state index contributed by atoms with van der Waals surface area (Å²) in [6, 6.07) is 7.12. The molecule has 0 bridgehead atoms. The first-order valence-electron chi connectivity index (χ1n) is 6.99. The second kappa shape index (κ2) is 6.17. The van der Waals surface area contributed by atoms with Crippen molar-refractivity contribution in [1.82, 2.24) is 14.5 Å². The average Bonchev–Trinajstić information content (AvgIpc) is 2.90. The standard InChI is InChI=1S/C15H14N4O3S/c1-9-3-2-4-10-13(9)18-14(23-10)16-11(20)5-7-19-8-6-12(21)17-15(19)22/h2-4,6,8H,5,7H2,1H3,(H,16,18,20)(H,17,21,22). The highest BCUT2D eigenvalue weighted by molar-refractivity contribution is 7.22. The van der Waals surface area contributed by atoms with Gasteiger partial charge in [0.1, 0.15) is 0 Å². The van der Waals surface area contributed by atoms with Gasteiger partial charge < -0.3 is 9.88 Å². The lowest BCUT2D eigenvalue weighted by Gasteiger charge is -2.04. The molecule has 7 nitrogen and oxygen atoms in total. The molecule has 0 fully saturated rings. The summed E-state index contributed by atoms with van der Waals surface area (Å²) in [4.78, 5) is 41.1. The number of aromatic amines is 1. The number of hydrogen-bond acceptors (Lipinski definition) is 5. The van der Waals surface area contributed by atoms with Crippen molar-refractivity contribution < 1.29 is 4.79 Å². The van der Waals surface area contributed by atoms with Crippen molar-refractivity contribution in [2.24, 2.45) is 0 Å². The van der Waals surface area contributed by atoms with Gasteiger partial charge in [-0.1, -0.05) is 23.5 Å². The molecule has 2 N–H and O–H groups in total. The number of aryl methyl sites for hydroxylation is 2. The fraction of sp³-hybridized carbons (Fsp3) is 0.200. The molecule has 118 valence electrons. The van der Waals surface area contributed by atoms with Gasteiger partial charge in [-0.3, -0.25) is 14.6 Å². The Morgan fingerprint density at radius 1 is 1.35 bits per heavy atom. The number of amides is 1. The number of fused-ring (bicyclic) bond motifs is 1. The molecular weight excluding hydrogens is 316 g/mol. The zero-order valence-electron chi connectivity index (χ0n) is 12.3. The highest BCUT2D eigenvalue weighted by atomic mass is 32.1. The van der Waals surface area contributed by atoms with Crippen molar-refractivity contribution in [3.8, 4) is 0 Å². The smallest absolute Gasteiger partial charge is 0.302 e. The van der Waals surface area contributed by atoms with Crippen molar-refractivity contribution in [3.63, 3.8) is 0 Å². The van der Waals surface area contributed by atoms with E-state index in [2.05, 4.69) is 15.3 Å². The van der Waals surface area contributed by atoms with Gasteiger partial charge in [0.2, 0.25) is 5.91 Å². The summed E-state index contributed by atoms with van der Waals surface area (Å²) in [6.07, 6.45) is 1.48. The number of aromatic nitrogens is 3. The van der Waals surface area contributed by atoms with E-state index in [0.29, 0.717) is 5.13 Å². The lowest BCUT2D eigenvalue weighted by atomic mass is 10.2. The molecule has 0 aliphatic rings. The van der Waals surface area contributed by atoms with Crippen molar-refractivity contribution in [2.75, 3.05) is 5.32 Å². The normalized spacial score (nSPS) is 10.8. The molecule has 8 heteroatoms. The molecule has 0 spiro atoms. The summed E-state index contributed by atoms with van der Waals surface area (Å²) in [7, 11) is 0. The molecule has 0 unspecified atom stereocenters. The summed E-state index contributed by atoms with van der Waals surface area (Å²) in [6.45, 7) is 2.15. The Hall–Kier alpha value is -2.74. The predicted molar refractivity (Wildman–Crippen MR) is 88.9 cm³/mol. The van der Waals surface area contributed by atoms with Crippen molar-refractivity contribution >= 4 is 32.6 Å². The number of anilines is 1. The summed E-state index contributed by atoms with van der Waals surface area (Å²) < 4.78 is 2.29. The Morgan fingerprint density at radius 2 is 2.17 bits per heavy atom. The molecule has 0 saturated carbocycles. The van der Waals surface area contributed by atoms with Gasteiger partial charge in [0.05, 0.1) is 10.2 Å². The Labute approximate surface area is 134 Å². The van der Waals surface area contributed by atoms with Gasteiger partial charge >= 0.3 is 5.69 Å². The van der Waals surface area contributed by atoms with Gasteiger partial charge in [-0.2, -0.15) is 0 Å². The summed E-state index contributed by atoms with van der Waals surface area (Å²) >= 11 is 1.41. The van der Waals surface area contributed by atoms with Gasteiger partial charge in [0.25, 0.3) is 5.56 Å². The number of nitrogens with one attached hydrogen (secondary N) is 2. The van der Waals surface area contributed by atoms with Gasteiger partial charge in [-0.05, 0) is 18.6 Å². The largest absolute Gasteiger partial charge is 0.328 e. The predicted octanol–water partition coefficient (Wildman–Crippen LogP) is 1.48. The van der Waals surface area contributed by atoms with E-state index >= 15 is 0 Å². The van der Waals surface area contributed by atoms with E-state index in [4.69, 9.17) is 0 Å². The quantitative estimate of drug-likeness (QED) is 0.757. The lowest BCUT2D eigenvalue weighted by molar-refractivity contribution is -0.116. The Balaban J connectivity index is 1.67. The van der Waals surface area contributed by atoms with E-state index < -0.39 is 11.2 Å². The first kappa shape index (κ1) is 15.2. The zero-order chi connectivity index (χ0) is 16.4. The topological polar surface area (TPSA) is 96.9 Å². The summed E-state index contributed by atoms with van der Waals surface area (Å²) in [5, 5.41) is 3.28. The third-order valence-corrected chi connectivity index (χ3v) is 4.28. The molecule has 3 rings (SSSR count). The van der Waals surface area contributed by atoms with Crippen molar-refractivity contribution in [3.05, 3.63) is 56.9 Å². The third-order valence-electron chi connectivity index (χ3n) is 3.34. The molecule has 1 aromatic carbocycles. The SMILES string of the molecule is Cc1cccc2sc(NC(=O)CCn3ccc(=O)[nH]c3=O)nc12. The van der Waals surface area contributed by atoms with Crippen LogP contribution in [0.15, 0.2) is 40.1 Å². The van der Waals surface area contributed by atoms with Crippen LogP contribution in [0, 0.1) is 6.92 Å². The van der Waals surface area contributed by atoms with Gasteiger partial charge in [0.15, 0.2) is 5.13 Å². The minimum Gasteiger partial charge on any atom is -0.302 e. The number of hydrogen-bond donors (Lipinski definition) is 2. The van der Waals surface area contributed by atoms with E-state index in [1.165, 1.54) is 28.2 Å². The van der Waals surface area contributed by atoms with E-state index in [-0.39, 0.29) is 18.9 Å². The van der Waals surface area contributed by atoms with Crippen molar-refractivity contribution in [1.29, 1.82) is 0 Å². The highest BCUT2D eigenvalue weighted by Gasteiger charge is 2.09. The minimum absolute atomic E-state index is 0.112. The molecule has 0 aliphatic carbocycles. The molecule has 0 aliphatic heterocycles. The van der Waals surface area contributed by atoms with E-state index in [0.717, 1.165) is 15.8 Å². The molecule has 2 heterocycles. The van der Waals surface area contributed by atoms with Crippen LogP contribution in [0.4, 0.5) is 5.13 Å². The number of carbonyl (C=O) groups is 1. The molecule has 3 aromatic rings. The molecule has 1 amide bonds. The van der Waals surface area contributed by atoms with E-state index in [1.54, 1.807) is 0 Å². The van der Waals surface area contributed by atoms with Crippen LogP contribution >= 0.6 is 11.3 Å². The maximum absolute atomic E-state index is 12.0. The maximum Gasteiger partial charge on any atom is 0.328 e. The highest BCUT2D eigenvalue weighted by Crippen LogP contribution is 2.27. The molecule has 0 saturated heterocycles. The maximum atomic E-state index is 12.0. The Bertz CT molecular complexity index is 986. The number of H-pyrrole nitrogens is 1. The monoisotopic (exact) mass is 330 g/mol. The van der Waals surface area contributed by atoms with Crippen LogP contribution in [0.5, 0.6) is 0 Å². The minimum atomic E-state index is -0.527. The third kappa shape index (κ3) is 3.37. The fourth-order valence-corrected chi connectivity index (χ4v) is 3.12. The van der Waals surface area contributed by atoms with Gasteiger partial charge in [-0.25, -0.2) is 9.78 Å². The number of thiazole rings is 1. The van der Waals surface area contributed by atoms with Crippen LogP contribution in [-0.4, -0.2) is 20.4 Å². The van der Waals surface area contributed by atoms with E-state index in [9.17, 15) is 14.4 Å². The molecule has 0 atom stereocenters. The van der Waals surface area contributed by atoms with Crippen LogP contribution in [0.1, 0.15) is 12.0 Å². The molecular formula is C15H14N4O3S. The van der Waals surface area contributed by atoms with Crippen LogP contribution in [0.3, 0.4) is 0 Å². The van der Waals surface area contributed by atoms with Crippen LogP contribution in [-0.2, 0) is 11.3 Å². The molecule has 23 heavy (non-hydrogen) atoms. The zero-order valence-corrected chi connectivity index (χ0v) is 13.1. The Kier molecular flexibility index (Phi) is 4.07. The second-order valence-corrected chi connectivity index (χ2v) is 6.07. The number of benzene rings is 1. The first-order chi connectivity index (χ1) is 11.0. The number of nitrogens with zero attached hydrogens (tertiary/aromatic N) is 2. The molecule has 0 radical (unpaired) electrons. The average molecular weight is 330 g/mol. The van der Waals surface area contributed by atoms with Gasteiger partial charge in [0, 0.05) is 25.2 Å². The fourth-order valence-electron chi connectivity index (χ4n) is 2.16. The summed E-state index contributed by atoms with van der Waals surface area (Å²) in [5.74, 6) is -0.236.